The molecule has 16 heavy (non-hydrogen) atoms. The third-order valence-electron chi connectivity index (χ3n) is 3.32. The molecule has 1 aliphatic rings. The van der Waals surface area contributed by atoms with E-state index >= 15 is 0 Å². The van der Waals surface area contributed by atoms with Crippen molar-refractivity contribution in [3.8, 4) is 5.75 Å². The smallest absolute Gasteiger partial charge is 0.124 e. The predicted octanol–water partition coefficient (Wildman–Crippen LogP) is 3.15. The molecule has 1 N–H and O–H groups in total. The van der Waals surface area contributed by atoms with E-state index in [0.717, 1.165) is 18.9 Å². The molecule has 0 aromatic heterocycles. The second-order valence-corrected chi connectivity index (χ2v) is 4.52. The van der Waals surface area contributed by atoms with Crippen LogP contribution in [0, 0.1) is 5.92 Å². The van der Waals surface area contributed by atoms with Crippen LogP contribution in [0.25, 0.3) is 0 Å². The third kappa shape index (κ3) is 2.38. The zero-order valence-corrected chi connectivity index (χ0v) is 10.2. The average Bonchev–Trinajstić information content (AvgIpc) is 2.31. The van der Waals surface area contributed by atoms with Gasteiger partial charge in [0.2, 0.25) is 0 Å². The summed E-state index contributed by atoms with van der Waals surface area (Å²) in [6.07, 6.45) is 2.59. The summed E-state index contributed by atoms with van der Waals surface area (Å²) in [6.45, 7) is 6.21. The van der Waals surface area contributed by atoms with Crippen LogP contribution in [0.1, 0.15) is 38.3 Å². The maximum atomic E-state index is 5.70. The molecular formula is C14H21NO. The molecule has 0 amide bonds. The number of piperidine rings is 1. The molecule has 2 unspecified atom stereocenters. The fourth-order valence-electron chi connectivity index (χ4n) is 2.49. The maximum absolute atomic E-state index is 5.70. The Morgan fingerprint density at radius 3 is 2.94 bits per heavy atom. The minimum absolute atomic E-state index is 0.455. The first-order valence-electron chi connectivity index (χ1n) is 6.28. The Labute approximate surface area is 98.0 Å². The van der Waals surface area contributed by atoms with Gasteiger partial charge in [-0.3, -0.25) is 0 Å². The van der Waals surface area contributed by atoms with Crippen molar-refractivity contribution in [2.45, 2.75) is 32.7 Å². The summed E-state index contributed by atoms with van der Waals surface area (Å²) >= 11 is 0. The molecule has 0 bridgehead atoms. The Morgan fingerprint density at radius 2 is 2.19 bits per heavy atom. The SMILES string of the molecule is CCOc1ccccc1C1NCCCC1C. The summed E-state index contributed by atoms with van der Waals surface area (Å²) in [5.74, 6) is 1.73. The van der Waals surface area contributed by atoms with Gasteiger partial charge in [-0.2, -0.15) is 0 Å². The summed E-state index contributed by atoms with van der Waals surface area (Å²) in [6, 6.07) is 8.85. The van der Waals surface area contributed by atoms with Crippen molar-refractivity contribution in [3.63, 3.8) is 0 Å². The fourth-order valence-corrected chi connectivity index (χ4v) is 2.49. The van der Waals surface area contributed by atoms with E-state index in [0.29, 0.717) is 12.0 Å². The van der Waals surface area contributed by atoms with Crippen molar-refractivity contribution >= 4 is 0 Å². The Morgan fingerprint density at radius 1 is 1.38 bits per heavy atom. The Kier molecular flexibility index (Phi) is 3.83. The van der Waals surface area contributed by atoms with Crippen LogP contribution in [0.4, 0.5) is 0 Å². The molecule has 0 radical (unpaired) electrons. The molecule has 88 valence electrons. The second-order valence-electron chi connectivity index (χ2n) is 4.52. The number of hydrogen-bond acceptors (Lipinski definition) is 2. The highest BCUT2D eigenvalue weighted by molar-refractivity contribution is 5.36. The van der Waals surface area contributed by atoms with Crippen LogP contribution in [-0.4, -0.2) is 13.2 Å². The molecule has 2 nitrogen and oxygen atoms in total. The molecule has 1 saturated heterocycles. The van der Waals surface area contributed by atoms with Crippen molar-refractivity contribution in [1.82, 2.24) is 5.32 Å². The monoisotopic (exact) mass is 219 g/mol. The van der Waals surface area contributed by atoms with Gasteiger partial charge < -0.3 is 10.1 Å². The minimum atomic E-state index is 0.455. The second kappa shape index (κ2) is 5.35. The van der Waals surface area contributed by atoms with Gasteiger partial charge in [-0.25, -0.2) is 0 Å². The van der Waals surface area contributed by atoms with Gasteiger partial charge in [0.05, 0.1) is 6.61 Å². The van der Waals surface area contributed by atoms with Crippen molar-refractivity contribution in [2.24, 2.45) is 5.92 Å². The van der Waals surface area contributed by atoms with Gasteiger partial charge in [-0.15, -0.1) is 0 Å². The summed E-state index contributed by atoms with van der Waals surface area (Å²) in [7, 11) is 0. The topological polar surface area (TPSA) is 21.3 Å². The Bertz CT molecular complexity index is 337. The van der Waals surface area contributed by atoms with Crippen LogP contribution < -0.4 is 10.1 Å². The minimum Gasteiger partial charge on any atom is -0.494 e. The van der Waals surface area contributed by atoms with Gasteiger partial charge in [0, 0.05) is 11.6 Å². The van der Waals surface area contributed by atoms with Gasteiger partial charge in [-0.1, -0.05) is 25.1 Å². The molecule has 2 heteroatoms. The predicted molar refractivity (Wildman–Crippen MR) is 66.8 cm³/mol. The maximum Gasteiger partial charge on any atom is 0.124 e. The third-order valence-corrected chi connectivity index (χ3v) is 3.32. The van der Waals surface area contributed by atoms with Crippen LogP contribution in [0.15, 0.2) is 24.3 Å². The van der Waals surface area contributed by atoms with Crippen LogP contribution in [-0.2, 0) is 0 Å². The molecule has 1 aromatic carbocycles. The molecule has 2 rings (SSSR count). The van der Waals surface area contributed by atoms with E-state index in [9.17, 15) is 0 Å². The number of nitrogens with one attached hydrogen (secondary N) is 1. The Balaban J connectivity index is 2.23. The van der Waals surface area contributed by atoms with Crippen molar-refractivity contribution in [1.29, 1.82) is 0 Å². The standard InChI is InChI=1S/C14H21NO/c1-3-16-13-9-5-4-8-12(13)14-11(2)7-6-10-15-14/h4-5,8-9,11,14-15H,3,6-7,10H2,1-2H3. The molecule has 0 saturated carbocycles. The van der Waals surface area contributed by atoms with Crippen LogP contribution in [0.3, 0.4) is 0 Å². The molecule has 1 aliphatic heterocycles. The van der Waals surface area contributed by atoms with Crippen molar-refractivity contribution in [2.75, 3.05) is 13.2 Å². The highest BCUT2D eigenvalue weighted by atomic mass is 16.5. The van der Waals surface area contributed by atoms with E-state index in [1.165, 1.54) is 18.4 Å². The summed E-state index contributed by atoms with van der Waals surface area (Å²) in [4.78, 5) is 0. The molecule has 1 aromatic rings. The zero-order valence-electron chi connectivity index (χ0n) is 10.2. The van der Waals surface area contributed by atoms with Crippen LogP contribution in [0.5, 0.6) is 5.75 Å². The lowest BCUT2D eigenvalue weighted by atomic mass is 9.87. The number of rotatable bonds is 3. The molecule has 0 spiro atoms. The fraction of sp³-hybridized carbons (Fsp3) is 0.571. The van der Waals surface area contributed by atoms with E-state index in [2.05, 4.69) is 30.4 Å². The van der Waals surface area contributed by atoms with E-state index in [-0.39, 0.29) is 0 Å². The average molecular weight is 219 g/mol. The number of hydrogen-bond donors (Lipinski definition) is 1. The molecule has 1 fully saturated rings. The van der Waals surface area contributed by atoms with Gasteiger partial charge in [0.1, 0.15) is 5.75 Å². The quantitative estimate of drug-likeness (QED) is 0.843. The van der Waals surface area contributed by atoms with E-state index < -0.39 is 0 Å². The van der Waals surface area contributed by atoms with Gasteiger partial charge >= 0.3 is 0 Å². The van der Waals surface area contributed by atoms with Crippen LogP contribution >= 0.6 is 0 Å². The summed E-state index contributed by atoms with van der Waals surface area (Å²) < 4.78 is 5.70. The van der Waals surface area contributed by atoms with E-state index in [4.69, 9.17) is 4.74 Å². The number of ether oxygens (including phenoxy) is 1. The van der Waals surface area contributed by atoms with Gasteiger partial charge in [0.25, 0.3) is 0 Å². The first kappa shape index (κ1) is 11.5. The molecule has 1 heterocycles. The summed E-state index contributed by atoms with van der Waals surface area (Å²) in [5.41, 5.74) is 1.32. The normalized spacial score (nSPS) is 25.4. The summed E-state index contributed by atoms with van der Waals surface area (Å²) in [5, 5.41) is 3.60. The number of para-hydroxylation sites is 1. The highest BCUT2D eigenvalue weighted by Gasteiger charge is 2.24. The highest BCUT2D eigenvalue weighted by Crippen LogP contribution is 2.34. The molecular weight excluding hydrogens is 198 g/mol. The largest absolute Gasteiger partial charge is 0.494 e. The lowest BCUT2D eigenvalue weighted by Crippen LogP contribution is -2.33. The lowest BCUT2D eigenvalue weighted by molar-refractivity contribution is 0.285. The first-order chi connectivity index (χ1) is 7.83. The lowest BCUT2D eigenvalue weighted by Gasteiger charge is -2.31. The van der Waals surface area contributed by atoms with E-state index in [1.807, 2.05) is 13.0 Å². The Hall–Kier alpha value is -1.02. The van der Waals surface area contributed by atoms with Crippen molar-refractivity contribution in [3.05, 3.63) is 29.8 Å². The van der Waals surface area contributed by atoms with Gasteiger partial charge in [0.15, 0.2) is 0 Å². The number of benzene rings is 1. The first-order valence-corrected chi connectivity index (χ1v) is 6.28. The molecule has 0 aliphatic carbocycles. The van der Waals surface area contributed by atoms with E-state index in [1.54, 1.807) is 0 Å². The molecule has 2 atom stereocenters. The van der Waals surface area contributed by atoms with Crippen molar-refractivity contribution < 1.29 is 4.74 Å². The zero-order chi connectivity index (χ0) is 11.4. The van der Waals surface area contributed by atoms with Gasteiger partial charge in [-0.05, 0) is 38.3 Å². The van der Waals surface area contributed by atoms with Crippen LogP contribution in [0.2, 0.25) is 0 Å².